The summed E-state index contributed by atoms with van der Waals surface area (Å²) in [5, 5.41) is 11.9. The lowest BCUT2D eigenvalue weighted by atomic mass is 9.76. The Bertz CT molecular complexity index is 2480. The number of aromatic hydroxyl groups is 1. The van der Waals surface area contributed by atoms with Gasteiger partial charge in [-0.25, -0.2) is 8.42 Å². The van der Waals surface area contributed by atoms with Crippen LogP contribution in [0.5, 0.6) is 11.6 Å². The first kappa shape index (κ1) is 38.9. The van der Waals surface area contributed by atoms with Crippen molar-refractivity contribution >= 4 is 32.7 Å². The fraction of sp³-hybridized carbons (Fsp3) is 0.109. The topological polar surface area (TPSA) is 110 Å². The summed E-state index contributed by atoms with van der Waals surface area (Å²) in [5.41, 5.74) is 6.92. The van der Waals surface area contributed by atoms with Crippen LogP contribution >= 0.6 is 11.3 Å². The second-order valence-corrected chi connectivity index (χ2v) is 16.2. The number of hydrogen-bond donors (Lipinski definition) is 2. The van der Waals surface area contributed by atoms with Crippen LogP contribution in [0.2, 0.25) is 0 Å². The van der Waals surface area contributed by atoms with Crippen LogP contribution in [0.4, 0.5) is 5.69 Å². The number of sulfonamides is 1. The largest absolute Gasteiger partial charge is 0.494 e. The van der Waals surface area contributed by atoms with Crippen LogP contribution in [0.25, 0.3) is 5.70 Å². The number of nitrogens with one attached hydrogen (secondary N) is 1. The Kier molecular flexibility index (Phi) is 11.7. The average Bonchev–Trinajstić information content (AvgIpc) is 3.54. The van der Waals surface area contributed by atoms with Crippen molar-refractivity contribution in [3.05, 3.63) is 219 Å². The number of anilines is 1. The van der Waals surface area contributed by atoms with Gasteiger partial charge in [0.1, 0.15) is 24.5 Å². The van der Waals surface area contributed by atoms with Gasteiger partial charge in [-0.2, -0.15) is 0 Å². The standard InChI is InChI=1S/C46H41N3O6S2/c1-34(36-25-27-40(28-26-36)48(2)57(52,53)42-21-13-6-14-22-42)47-55-32-31-54-41-29-23-35(24-30-41)33-43-44(50)49(45(51)56-43)46(37-15-7-3-8-16-37,38-17-9-4-10-18-38)39-19-11-5-12-20-39/h3-30,47,50H,1,31-33H2,2H3. The molecular formula is C46H41N3O6S2. The molecule has 1 heterocycles. The Morgan fingerprint density at radius 1 is 0.737 bits per heavy atom. The third kappa shape index (κ3) is 8.13. The van der Waals surface area contributed by atoms with Crippen LogP contribution in [-0.2, 0) is 26.8 Å². The molecule has 0 fully saturated rings. The van der Waals surface area contributed by atoms with Crippen LogP contribution in [-0.4, -0.2) is 38.4 Å². The lowest BCUT2D eigenvalue weighted by molar-refractivity contribution is 0.0541. The van der Waals surface area contributed by atoms with E-state index in [2.05, 4.69) is 12.1 Å². The van der Waals surface area contributed by atoms with E-state index in [0.29, 0.717) is 28.4 Å². The van der Waals surface area contributed by atoms with Gasteiger partial charge >= 0.3 is 4.87 Å². The first-order valence-electron chi connectivity index (χ1n) is 18.2. The summed E-state index contributed by atoms with van der Waals surface area (Å²) in [4.78, 5) is 20.1. The Hall–Kier alpha value is -6.40. The average molecular weight is 796 g/mol. The summed E-state index contributed by atoms with van der Waals surface area (Å²) in [6, 6.07) is 52.2. The molecule has 0 bridgehead atoms. The van der Waals surface area contributed by atoms with Gasteiger partial charge in [0.05, 0.1) is 21.2 Å². The van der Waals surface area contributed by atoms with Crippen molar-refractivity contribution in [1.82, 2.24) is 10.0 Å². The first-order chi connectivity index (χ1) is 27.7. The molecule has 0 amide bonds. The highest BCUT2D eigenvalue weighted by Gasteiger charge is 2.42. The summed E-state index contributed by atoms with van der Waals surface area (Å²) in [5.74, 6) is 0.560. The molecule has 0 saturated heterocycles. The monoisotopic (exact) mass is 795 g/mol. The molecule has 9 nitrogen and oxygen atoms in total. The van der Waals surface area contributed by atoms with Gasteiger partial charge in [0, 0.05) is 13.5 Å². The van der Waals surface area contributed by atoms with Gasteiger partial charge in [-0.3, -0.25) is 24.0 Å². The van der Waals surface area contributed by atoms with Gasteiger partial charge < -0.3 is 9.84 Å². The fourth-order valence-corrected chi connectivity index (χ4v) is 8.96. The van der Waals surface area contributed by atoms with Crippen LogP contribution in [0.15, 0.2) is 186 Å². The van der Waals surface area contributed by atoms with Gasteiger partial charge in [0.25, 0.3) is 10.0 Å². The van der Waals surface area contributed by atoms with Gasteiger partial charge in [-0.05, 0) is 64.2 Å². The van der Waals surface area contributed by atoms with E-state index in [0.717, 1.165) is 39.2 Å². The van der Waals surface area contributed by atoms with Crippen molar-refractivity contribution in [1.29, 1.82) is 0 Å². The maximum absolute atomic E-state index is 14.0. The number of hydrogen-bond acceptors (Lipinski definition) is 8. The number of ether oxygens (including phenoxy) is 1. The molecular weight excluding hydrogens is 755 g/mol. The summed E-state index contributed by atoms with van der Waals surface area (Å²) in [6.45, 7) is 4.50. The van der Waals surface area contributed by atoms with E-state index in [4.69, 9.17) is 9.57 Å². The zero-order valence-electron chi connectivity index (χ0n) is 31.2. The molecule has 0 atom stereocenters. The SMILES string of the molecule is C=C(NOCCOc1ccc(Cc2sc(=O)n(C(c3ccccc3)(c3ccccc3)c3ccccc3)c2O)cc1)c1ccc(N(C)S(=O)(=O)c2ccccc2)cc1. The zero-order valence-corrected chi connectivity index (χ0v) is 32.8. The highest BCUT2D eigenvalue weighted by Crippen LogP contribution is 2.43. The molecule has 7 rings (SSSR count). The molecule has 0 aliphatic carbocycles. The number of hydroxylamine groups is 1. The third-order valence-corrected chi connectivity index (χ3v) is 12.4. The Morgan fingerprint density at radius 3 is 1.77 bits per heavy atom. The Balaban J connectivity index is 0.975. The molecule has 6 aromatic carbocycles. The fourth-order valence-electron chi connectivity index (χ4n) is 6.79. The maximum atomic E-state index is 14.0. The van der Waals surface area contributed by atoms with Crippen molar-refractivity contribution < 1.29 is 23.1 Å². The van der Waals surface area contributed by atoms with E-state index in [1.54, 1.807) is 54.6 Å². The van der Waals surface area contributed by atoms with E-state index in [9.17, 15) is 18.3 Å². The molecule has 0 aliphatic heterocycles. The molecule has 0 spiro atoms. The summed E-state index contributed by atoms with van der Waals surface area (Å²) >= 11 is 1.04. The minimum atomic E-state index is -3.68. The first-order valence-corrected chi connectivity index (χ1v) is 20.5. The highest BCUT2D eigenvalue weighted by atomic mass is 32.2. The van der Waals surface area contributed by atoms with Gasteiger partial charge in [-0.15, -0.1) is 0 Å². The number of aromatic nitrogens is 1. The molecule has 288 valence electrons. The molecule has 0 unspecified atom stereocenters. The van der Waals surface area contributed by atoms with Crippen molar-refractivity contribution in [2.75, 3.05) is 24.6 Å². The zero-order chi connectivity index (χ0) is 39.8. The third-order valence-electron chi connectivity index (χ3n) is 9.68. The lowest BCUT2D eigenvalue weighted by Crippen LogP contribution is -2.42. The summed E-state index contributed by atoms with van der Waals surface area (Å²) < 4.78 is 34.6. The predicted molar refractivity (Wildman–Crippen MR) is 226 cm³/mol. The van der Waals surface area contributed by atoms with Gasteiger partial charge in [-0.1, -0.05) is 151 Å². The Morgan fingerprint density at radius 2 is 1.25 bits per heavy atom. The van der Waals surface area contributed by atoms with E-state index in [1.165, 1.54) is 15.9 Å². The minimum Gasteiger partial charge on any atom is -0.494 e. The molecule has 11 heteroatoms. The molecule has 0 aliphatic rings. The minimum absolute atomic E-state index is 0.0765. The van der Waals surface area contributed by atoms with E-state index >= 15 is 0 Å². The second-order valence-electron chi connectivity index (χ2n) is 13.2. The molecule has 0 saturated carbocycles. The van der Waals surface area contributed by atoms with Crippen LogP contribution in [0.1, 0.15) is 32.7 Å². The predicted octanol–water partition coefficient (Wildman–Crippen LogP) is 8.44. The molecule has 0 radical (unpaired) electrons. The van der Waals surface area contributed by atoms with Crippen LogP contribution in [0.3, 0.4) is 0 Å². The summed E-state index contributed by atoms with van der Waals surface area (Å²) in [6.07, 6.45) is 0.350. The Labute approximate surface area is 336 Å². The van der Waals surface area contributed by atoms with Crippen molar-refractivity contribution in [3.63, 3.8) is 0 Å². The molecule has 57 heavy (non-hydrogen) atoms. The number of rotatable bonds is 16. The number of thiazole rings is 1. The van der Waals surface area contributed by atoms with Gasteiger partial charge in [0.15, 0.2) is 0 Å². The van der Waals surface area contributed by atoms with E-state index in [1.807, 2.05) is 115 Å². The second kappa shape index (κ2) is 17.2. The van der Waals surface area contributed by atoms with Gasteiger partial charge in [0.2, 0.25) is 5.88 Å². The lowest BCUT2D eigenvalue weighted by Gasteiger charge is -2.37. The van der Waals surface area contributed by atoms with Crippen molar-refractivity contribution in [2.45, 2.75) is 16.9 Å². The summed E-state index contributed by atoms with van der Waals surface area (Å²) in [7, 11) is -2.17. The van der Waals surface area contributed by atoms with Crippen LogP contribution in [0, 0.1) is 0 Å². The van der Waals surface area contributed by atoms with E-state index in [-0.39, 0.29) is 28.9 Å². The molecule has 2 N–H and O–H groups in total. The molecule has 7 aromatic rings. The smallest absolute Gasteiger partial charge is 0.311 e. The van der Waals surface area contributed by atoms with Crippen molar-refractivity contribution in [3.8, 4) is 11.6 Å². The number of nitrogens with zero attached hydrogens (tertiary/aromatic N) is 2. The van der Waals surface area contributed by atoms with Crippen LogP contribution < -0.4 is 19.4 Å². The quantitative estimate of drug-likeness (QED) is 0.0574. The maximum Gasteiger partial charge on any atom is 0.311 e. The highest BCUT2D eigenvalue weighted by molar-refractivity contribution is 7.92. The normalized spacial score (nSPS) is 11.5. The number of benzene rings is 6. The van der Waals surface area contributed by atoms with Crippen molar-refractivity contribution in [2.24, 2.45) is 0 Å². The molecule has 1 aromatic heterocycles. The van der Waals surface area contributed by atoms with E-state index < -0.39 is 15.6 Å².